The lowest BCUT2D eigenvalue weighted by atomic mass is 10.1. The molecule has 0 radical (unpaired) electrons. The van der Waals surface area contributed by atoms with E-state index in [1.165, 1.54) is 5.56 Å². The number of carbonyl (C=O) groups excluding carboxylic acids is 1. The lowest BCUT2D eigenvalue weighted by Gasteiger charge is -2.34. The Morgan fingerprint density at radius 2 is 1.69 bits per heavy atom. The van der Waals surface area contributed by atoms with Gasteiger partial charge in [0.1, 0.15) is 5.75 Å². The molecule has 0 spiro atoms. The van der Waals surface area contributed by atoms with Gasteiger partial charge in [-0.2, -0.15) is 0 Å². The number of hydrogen-bond donors (Lipinski definition) is 0. The number of ether oxygens (including phenoxy) is 1. The van der Waals surface area contributed by atoms with Crippen molar-refractivity contribution in [2.75, 3.05) is 39.8 Å². The van der Waals surface area contributed by atoms with Crippen LogP contribution in [0.5, 0.6) is 5.75 Å². The zero-order valence-electron chi connectivity index (χ0n) is 17.5. The van der Waals surface area contributed by atoms with Gasteiger partial charge in [0.15, 0.2) is 5.78 Å². The Balaban J connectivity index is 1.43. The summed E-state index contributed by atoms with van der Waals surface area (Å²) in [4.78, 5) is 18.0. The molecular formula is C24H29N3O2. The lowest BCUT2D eigenvalue weighted by Crippen LogP contribution is -2.47. The third-order valence-corrected chi connectivity index (χ3v) is 6.06. The summed E-state index contributed by atoms with van der Waals surface area (Å²) in [5, 5.41) is 0.983. The number of ketones is 1. The molecule has 1 saturated heterocycles. The zero-order chi connectivity index (χ0) is 20.4. The Morgan fingerprint density at radius 1 is 1.00 bits per heavy atom. The van der Waals surface area contributed by atoms with Crippen LogP contribution in [0.25, 0.3) is 10.9 Å². The number of fused-ring (bicyclic) bond motifs is 1. The fourth-order valence-corrected chi connectivity index (χ4v) is 4.26. The minimum Gasteiger partial charge on any atom is -0.497 e. The summed E-state index contributed by atoms with van der Waals surface area (Å²) in [6.07, 6.45) is 0. The normalized spacial score (nSPS) is 15.7. The smallest absolute Gasteiger partial charge is 0.179 e. The average Bonchev–Trinajstić information content (AvgIpc) is 3.00. The van der Waals surface area contributed by atoms with E-state index in [0.717, 1.165) is 60.6 Å². The van der Waals surface area contributed by atoms with Crippen LogP contribution in [-0.2, 0) is 13.6 Å². The molecule has 3 aromatic rings. The molecule has 1 aromatic heterocycles. The number of nitrogens with zero attached hydrogens (tertiary/aromatic N) is 3. The molecule has 4 rings (SSSR count). The van der Waals surface area contributed by atoms with Crippen molar-refractivity contribution in [2.24, 2.45) is 7.05 Å². The monoisotopic (exact) mass is 391 g/mol. The predicted octanol–water partition coefficient (Wildman–Crippen LogP) is 3.50. The van der Waals surface area contributed by atoms with Crippen molar-refractivity contribution in [2.45, 2.75) is 13.5 Å². The van der Waals surface area contributed by atoms with Crippen molar-refractivity contribution in [1.29, 1.82) is 0 Å². The van der Waals surface area contributed by atoms with Crippen LogP contribution in [-0.4, -0.2) is 60.0 Å². The van der Waals surface area contributed by atoms with Crippen molar-refractivity contribution in [3.8, 4) is 5.75 Å². The molecule has 0 N–H and O–H groups in total. The first-order valence-electron chi connectivity index (χ1n) is 10.2. The molecule has 1 aliphatic rings. The lowest BCUT2D eigenvalue weighted by molar-refractivity contribution is 0.0844. The highest BCUT2D eigenvalue weighted by Gasteiger charge is 2.23. The van der Waals surface area contributed by atoms with Crippen LogP contribution in [0.4, 0.5) is 0 Å². The molecule has 152 valence electrons. The van der Waals surface area contributed by atoms with Crippen LogP contribution >= 0.6 is 0 Å². The van der Waals surface area contributed by atoms with Gasteiger partial charge in [-0.05, 0) is 30.7 Å². The van der Waals surface area contributed by atoms with Gasteiger partial charge in [0.05, 0.1) is 13.7 Å². The number of rotatable bonds is 6. The maximum absolute atomic E-state index is 13.2. The Labute approximate surface area is 172 Å². The molecule has 0 unspecified atom stereocenters. The fourth-order valence-electron chi connectivity index (χ4n) is 4.26. The standard InChI is InChI=1S/C24H29N3O2/c1-18-24(21-15-20(29-3)9-10-22(21)25(18)2)23(28)17-27-13-11-26(12-14-27)16-19-7-5-4-6-8-19/h4-10,15H,11-14,16-17H2,1-3H3. The molecule has 0 saturated carbocycles. The van der Waals surface area contributed by atoms with Gasteiger partial charge < -0.3 is 9.30 Å². The van der Waals surface area contributed by atoms with Crippen molar-refractivity contribution in [3.05, 3.63) is 65.4 Å². The van der Waals surface area contributed by atoms with E-state index in [2.05, 4.69) is 44.7 Å². The first kappa shape index (κ1) is 19.7. The third-order valence-electron chi connectivity index (χ3n) is 6.06. The van der Waals surface area contributed by atoms with E-state index < -0.39 is 0 Å². The number of Topliss-reactive ketones (excluding diaryl/α,β-unsaturated/α-hetero) is 1. The van der Waals surface area contributed by atoms with Crippen LogP contribution in [0, 0.1) is 6.92 Å². The van der Waals surface area contributed by atoms with Gasteiger partial charge in [-0.3, -0.25) is 14.6 Å². The van der Waals surface area contributed by atoms with E-state index in [-0.39, 0.29) is 5.78 Å². The van der Waals surface area contributed by atoms with Crippen LogP contribution in [0.3, 0.4) is 0 Å². The Morgan fingerprint density at radius 3 is 2.38 bits per heavy atom. The molecule has 0 amide bonds. The molecule has 0 bridgehead atoms. The van der Waals surface area contributed by atoms with Crippen LogP contribution < -0.4 is 4.74 Å². The molecule has 5 heteroatoms. The number of benzene rings is 2. The number of carbonyl (C=O) groups is 1. The number of aryl methyl sites for hydroxylation is 1. The Kier molecular flexibility index (Phi) is 5.69. The van der Waals surface area contributed by atoms with Gasteiger partial charge in [-0.25, -0.2) is 0 Å². The molecule has 29 heavy (non-hydrogen) atoms. The second-order valence-electron chi connectivity index (χ2n) is 7.86. The molecule has 1 aliphatic heterocycles. The highest BCUT2D eigenvalue weighted by atomic mass is 16.5. The van der Waals surface area contributed by atoms with Gasteiger partial charge in [0.25, 0.3) is 0 Å². The highest BCUT2D eigenvalue weighted by molar-refractivity contribution is 6.10. The quantitative estimate of drug-likeness (QED) is 0.603. The minimum absolute atomic E-state index is 0.192. The number of hydrogen-bond acceptors (Lipinski definition) is 4. The highest BCUT2D eigenvalue weighted by Crippen LogP contribution is 2.29. The first-order valence-corrected chi connectivity index (χ1v) is 10.2. The largest absolute Gasteiger partial charge is 0.497 e. The van der Waals surface area contributed by atoms with E-state index in [9.17, 15) is 4.79 Å². The Bertz CT molecular complexity index is 1000. The molecule has 1 fully saturated rings. The summed E-state index contributed by atoms with van der Waals surface area (Å²) >= 11 is 0. The van der Waals surface area contributed by atoms with Crippen molar-refractivity contribution in [1.82, 2.24) is 14.4 Å². The van der Waals surface area contributed by atoms with Crippen LogP contribution in [0.15, 0.2) is 48.5 Å². The van der Waals surface area contributed by atoms with E-state index in [0.29, 0.717) is 6.54 Å². The van der Waals surface area contributed by atoms with Crippen molar-refractivity contribution in [3.63, 3.8) is 0 Å². The zero-order valence-corrected chi connectivity index (χ0v) is 17.5. The first-order chi connectivity index (χ1) is 14.1. The summed E-state index contributed by atoms with van der Waals surface area (Å²) in [5.74, 6) is 0.976. The summed E-state index contributed by atoms with van der Waals surface area (Å²) in [5.41, 5.74) is 4.26. The van der Waals surface area contributed by atoms with Crippen LogP contribution in [0.2, 0.25) is 0 Å². The molecule has 2 heterocycles. The van der Waals surface area contributed by atoms with Gasteiger partial charge >= 0.3 is 0 Å². The van der Waals surface area contributed by atoms with Crippen molar-refractivity contribution >= 4 is 16.7 Å². The molecule has 0 atom stereocenters. The number of aromatic nitrogens is 1. The second-order valence-corrected chi connectivity index (χ2v) is 7.86. The summed E-state index contributed by atoms with van der Waals surface area (Å²) in [6.45, 7) is 7.30. The van der Waals surface area contributed by atoms with Gasteiger partial charge in [-0.15, -0.1) is 0 Å². The summed E-state index contributed by atoms with van der Waals surface area (Å²) in [7, 11) is 3.68. The molecular weight excluding hydrogens is 362 g/mol. The van der Waals surface area contributed by atoms with E-state index >= 15 is 0 Å². The number of piperazine rings is 1. The molecule has 0 aliphatic carbocycles. The molecule has 5 nitrogen and oxygen atoms in total. The van der Waals surface area contributed by atoms with E-state index in [4.69, 9.17) is 4.74 Å². The van der Waals surface area contributed by atoms with Crippen molar-refractivity contribution < 1.29 is 9.53 Å². The molecule has 2 aromatic carbocycles. The SMILES string of the molecule is COc1ccc2c(c1)c(C(=O)CN1CCN(Cc3ccccc3)CC1)c(C)n2C. The fraction of sp³-hybridized carbons (Fsp3) is 0.375. The summed E-state index contributed by atoms with van der Waals surface area (Å²) in [6, 6.07) is 16.5. The number of methoxy groups -OCH3 is 1. The van der Waals surface area contributed by atoms with Gasteiger partial charge in [0.2, 0.25) is 0 Å². The van der Waals surface area contributed by atoms with E-state index in [1.807, 2.05) is 32.2 Å². The van der Waals surface area contributed by atoms with Crippen LogP contribution in [0.1, 0.15) is 21.6 Å². The predicted molar refractivity (Wildman–Crippen MR) is 117 cm³/mol. The topological polar surface area (TPSA) is 37.7 Å². The average molecular weight is 392 g/mol. The Hall–Kier alpha value is -2.63. The minimum atomic E-state index is 0.192. The second kappa shape index (κ2) is 8.39. The maximum Gasteiger partial charge on any atom is 0.179 e. The van der Waals surface area contributed by atoms with E-state index in [1.54, 1.807) is 7.11 Å². The summed E-state index contributed by atoms with van der Waals surface area (Å²) < 4.78 is 7.48. The maximum atomic E-state index is 13.2. The third kappa shape index (κ3) is 4.07. The van der Waals surface area contributed by atoms with Gasteiger partial charge in [-0.1, -0.05) is 30.3 Å². The van der Waals surface area contributed by atoms with Gasteiger partial charge in [0, 0.05) is 61.9 Å².